The molecule has 1 rings (SSSR count). The number of carbonyl (C=O) groups is 1. The molecule has 0 N–H and O–H groups in total. The second-order valence-corrected chi connectivity index (χ2v) is 3.49. The number of carbonyl (C=O) groups excluding carboxylic acids is 1. The SMILES string of the molecule is COC(=O)c1ccc(CC#N)c(Br)c1. The number of halogens is 1. The first-order chi connectivity index (χ1) is 6.69. The topological polar surface area (TPSA) is 50.1 Å². The van der Waals surface area contributed by atoms with E-state index in [1.165, 1.54) is 7.11 Å². The third-order valence-corrected chi connectivity index (χ3v) is 2.48. The first-order valence-electron chi connectivity index (χ1n) is 3.92. The molecule has 0 amide bonds. The molecule has 0 aliphatic rings. The summed E-state index contributed by atoms with van der Waals surface area (Å²) < 4.78 is 5.32. The van der Waals surface area contributed by atoms with Gasteiger partial charge in [0.15, 0.2) is 0 Å². The molecule has 0 radical (unpaired) electrons. The number of rotatable bonds is 2. The lowest BCUT2D eigenvalue weighted by Gasteiger charge is -2.02. The van der Waals surface area contributed by atoms with Crippen molar-refractivity contribution >= 4 is 21.9 Å². The van der Waals surface area contributed by atoms with Gasteiger partial charge in [-0.25, -0.2) is 4.79 Å². The summed E-state index contributed by atoms with van der Waals surface area (Å²) in [5.74, 6) is -0.380. The fourth-order valence-corrected chi connectivity index (χ4v) is 1.54. The molecule has 0 saturated heterocycles. The van der Waals surface area contributed by atoms with E-state index >= 15 is 0 Å². The van der Waals surface area contributed by atoms with Gasteiger partial charge in [0, 0.05) is 4.47 Å². The fraction of sp³-hybridized carbons (Fsp3) is 0.200. The Kier molecular flexibility index (Phi) is 3.66. The number of benzene rings is 1. The van der Waals surface area contributed by atoms with Crippen LogP contribution in [0.3, 0.4) is 0 Å². The number of hydrogen-bond acceptors (Lipinski definition) is 3. The van der Waals surface area contributed by atoms with Crippen LogP contribution in [0.4, 0.5) is 0 Å². The molecule has 3 nitrogen and oxygen atoms in total. The molecule has 0 heterocycles. The average molecular weight is 254 g/mol. The van der Waals surface area contributed by atoms with Crippen molar-refractivity contribution in [3.05, 3.63) is 33.8 Å². The second kappa shape index (κ2) is 4.77. The van der Waals surface area contributed by atoms with Crippen molar-refractivity contribution in [2.75, 3.05) is 7.11 Å². The summed E-state index contributed by atoms with van der Waals surface area (Å²) in [5, 5.41) is 8.51. The van der Waals surface area contributed by atoms with Crippen molar-refractivity contribution < 1.29 is 9.53 Å². The number of nitrogens with zero attached hydrogens (tertiary/aromatic N) is 1. The molecule has 0 aliphatic heterocycles. The van der Waals surface area contributed by atoms with E-state index in [1.807, 2.05) is 6.07 Å². The van der Waals surface area contributed by atoms with Crippen LogP contribution in [0.15, 0.2) is 22.7 Å². The van der Waals surface area contributed by atoms with Crippen LogP contribution in [0.1, 0.15) is 15.9 Å². The van der Waals surface area contributed by atoms with Gasteiger partial charge < -0.3 is 4.74 Å². The normalized spacial score (nSPS) is 9.21. The summed E-state index contributed by atoms with van der Waals surface area (Å²) in [6.45, 7) is 0. The molecule has 0 spiro atoms. The van der Waals surface area contributed by atoms with Gasteiger partial charge in [-0.05, 0) is 17.7 Å². The zero-order valence-corrected chi connectivity index (χ0v) is 9.17. The fourth-order valence-electron chi connectivity index (χ4n) is 1.02. The zero-order valence-electron chi connectivity index (χ0n) is 7.58. The van der Waals surface area contributed by atoms with E-state index in [1.54, 1.807) is 18.2 Å². The predicted molar refractivity (Wildman–Crippen MR) is 54.8 cm³/mol. The number of esters is 1. The van der Waals surface area contributed by atoms with E-state index in [-0.39, 0.29) is 5.97 Å². The summed E-state index contributed by atoms with van der Waals surface area (Å²) in [5.41, 5.74) is 1.33. The number of methoxy groups -OCH3 is 1. The molecule has 0 bridgehead atoms. The van der Waals surface area contributed by atoms with Crippen molar-refractivity contribution in [1.82, 2.24) is 0 Å². The average Bonchev–Trinajstić information content (AvgIpc) is 2.20. The highest BCUT2D eigenvalue weighted by atomic mass is 79.9. The van der Waals surface area contributed by atoms with Crippen LogP contribution in [0.25, 0.3) is 0 Å². The smallest absolute Gasteiger partial charge is 0.337 e. The third-order valence-electron chi connectivity index (χ3n) is 1.74. The van der Waals surface area contributed by atoms with Crippen molar-refractivity contribution in [2.45, 2.75) is 6.42 Å². The van der Waals surface area contributed by atoms with Gasteiger partial charge in [0.2, 0.25) is 0 Å². The first kappa shape index (κ1) is 10.7. The Hall–Kier alpha value is -1.34. The van der Waals surface area contributed by atoms with E-state index in [4.69, 9.17) is 5.26 Å². The minimum atomic E-state index is -0.380. The van der Waals surface area contributed by atoms with Gasteiger partial charge >= 0.3 is 5.97 Å². The van der Waals surface area contributed by atoms with Crippen molar-refractivity contribution in [1.29, 1.82) is 5.26 Å². The van der Waals surface area contributed by atoms with E-state index in [0.717, 1.165) is 10.0 Å². The number of nitriles is 1. The maximum atomic E-state index is 11.1. The molecule has 0 atom stereocenters. The summed E-state index contributed by atoms with van der Waals surface area (Å²) in [6.07, 6.45) is 0.321. The number of hydrogen-bond donors (Lipinski definition) is 0. The van der Waals surface area contributed by atoms with Crippen molar-refractivity contribution in [3.63, 3.8) is 0 Å². The van der Waals surface area contributed by atoms with Crippen LogP contribution in [0, 0.1) is 11.3 Å². The summed E-state index contributed by atoms with van der Waals surface area (Å²) in [4.78, 5) is 11.1. The molecule has 1 aromatic rings. The maximum Gasteiger partial charge on any atom is 0.337 e. The quantitative estimate of drug-likeness (QED) is 0.761. The highest BCUT2D eigenvalue weighted by Crippen LogP contribution is 2.19. The zero-order chi connectivity index (χ0) is 10.6. The minimum absolute atomic E-state index is 0.321. The highest BCUT2D eigenvalue weighted by molar-refractivity contribution is 9.10. The van der Waals surface area contributed by atoms with Crippen LogP contribution < -0.4 is 0 Å². The van der Waals surface area contributed by atoms with Crippen LogP contribution in [-0.2, 0) is 11.2 Å². The molecule has 0 aliphatic carbocycles. The van der Waals surface area contributed by atoms with Crippen molar-refractivity contribution in [3.8, 4) is 6.07 Å². The van der Waals surface area contributed by atoms with Gasteiger partial charge in [0.25, 0.3) is 0 Å². The summed E-state index contributed by atoms with van der Waals surface area (Å²) in [6, 6.07) is 7.07. The van der Waals surface area contributed by atoms with Crippen molar-refractivity contribution in [2.24, 2.45) is 0 Å². The van der Waals surface area contributed by atoms with Crippen LogP contribution >= 0.6 is 15.9 Å². The largest absolute Gasteiger partial charge is 0.465 e. The summed E-state index contributed by atoms with van der Waals surface area (Å²) >= 11 is 3.29. The molecule has 0 unspecified atom stereocenters. The Bertz CT molecular complexity index is 396. The maximum absolute atomic E-state index is 11.1. The lowest BCUT2D eigenvalue weighted by molar-refractivity contribution is 0.0600. The first-order valence-corrected chi connectivity index (χ1v) is 4.72. The molecular weight excluding hydrogens is 246 g/mol. The van der Waals surface area contributed by atoms with Crippen LogP contribution in [0.2, 0.25) is 0 Å². The predicted octanol–water partition coefficient (Wildman–Crippen LogP) is 2.30. The van der Waals surface area contributed by atoms with E-state index in [9.17, 15) is 4.79 Å². The highest BCUT2D eigenvalue weighted by Gasteiger charge is 2.07. The Balaban J connectivity index is 3.01. The Labute approximate surface area is 90.4 Å². The van der Waals surface area contributed by atoms with Gasteiger partial charge in [0.05, 0.1) is 25.2 Å². The van der Waals surface area contributed by atoms with Crippen LogP contribution in [-0.4, -0.2) is 13.1 Å². The molecule has 1 aromatic carbocycles. The Morgan fingerprint density at radius 3 is 2.86 bits per heavy atom. The lowest BCUT2D eigenvalue weighted by atomic mass is 10.1. The van der Waals surface area contributed by atoms with Gasteiger partial charge in [-0.3, -0.25) is 0 Å². The lowest BCUT2D eigenvalue weighted by Crippen LogP contribution is -2.01. The van der Waals surface area contributed by atoms with Gasteiger partial charge in [-0.2, -0.15) is 5.26 Å². The molecule has 4 heteroatoms. The summed E-state index contributed by atoms with van der Waals surface area (Å²) in [7, 11) is 1.33. The number of ether oxygens (including phenoxy) is 1. The molecule has 0 saturated carbocycles. The van der Waals surface area contributed by atoms with Gasteiger partial charge in [-0.1, -0.05) is 22.0 Å². The molecule has 0 fully saturated rings. The van der Waals surface area contributed by atoms with Crippen LogP contribution in [0.5, 0.6) is 0 Å². The molecule has 14 heavy (non-hydrogen) atoms. The van der Waals surface area contributed by atoms with E-state index in [0.29, 0.717) is 12.0 Å². The van der Waals surface area contributed by atoms with E-state index in [2.05, 4.69) is 20.7 Å². The molecule has 0 aromatic heterocycles. The standard InChI is InChI=1S/C10H8BrNO2/c1-14-10(13)8-3-2-7(4-5-12)9(11)6-8/h2-3,6H,4H2,1H3. The van der Waals surface area contributed by atoms with Gasteiger partial charge in [0.1, 0.15) is 0 Å². The van der Waals surface area contributed by atoms with E-state index < -0.39 is 0 Å². The monoisotopic (exact) mass is 253 g/mol. The van der Waals surface area contributed by atoms with Gasteiger partial charge in [-0.15, -0.1) is 0 Å². The Morgan fingerprint density at radius 2 is 2.36 bits per heavy atom. The Morgan fingerprint density at radius 1 is 1.64 bits per heavy atom. The second-order valence-electron chi connectivity index (χ2n) is 2.63. The molecular formula is C10H8BrNO2. The minimum Gasteiger partial charge on any atom is -0.465 e. The third kappa shape index (κ3) is 2.33. The molecule has 72 valence electrons.